The number of hydrogen-bond donors (Lipinski definition) is 0. The molecule has 0 amide bonds. The van der Waals surface area contributed by atoms with Crippen LogP contribution in [-0.4, -0.2) is 40.3 Å². The minimum atomic E-state index is -2.01. The van der Waals surface area contributed by atoms with Gasteiger partial charge in [0, 0.05) is 13.2 Å². The molecule has 0 atom stereocenters. The third-order valence-corrected chi connectivity index (χ3v) is 15.5. The number of hydrogen-bond acceptors (Lipinski definition) is 3. The van der Waals surface area contributed by atoms with Gasteiger partial charge in [-0.3, -0.25) is 0 Å². The molecule has 0 unspecified atom stereocenters. The zero-order valence-corrected chi connectivity index (χ0v) is 19.5. The quantitative estimate of drug-likeness (QED) is 0.330. The summed E-state index contributed by atoms with van der Waals surface area (Å²) in [6, 6.07) is 0. The van der Waals surface area contributed by atoms with Crippen molar-refractivity contribution in [2.24, 2.45) is 0 Å². The first-order chi connectivity index (χ1) is 10.3. The van der Waals surface area contributed by atoms with Gasteiger partial charge in [0.2, 0.25) is 16.6 Å². The molecule has 0 saturated carbocycles. The summed E-state index contributed by atoms with van der Waals surface area (Å²) in [5, 5.41) is -0.377. The fraction of sp³-hybridized carbons (Fsp3) is 1.00. The molecule has 0 bridgehead atoms. The van der Waals surface area contributed by atoms with Gasteiger partial charge in [-0.1, -0.05) is 26.7 Å². The van der Waals surface area contributed by atoms with E-state index in [-0.39, 0.29) is 10.4 Å². The molecule has 0 N–H and O–H groups in total. The van der Waals surface area contributed by atoms with E-state index in [0.29, 0.717) is 0 Å². The monoisotopic (exact) mass is 362 g/mol. The summed E-state index contributed by atoms with van der Waals surface area (Å²) in [5.74, 6) is 0. The first-order valence-corrected chi connectivity index (χ1v) is 15.1. The van der Waals surface area contributed by atoms with E-state index in [4.69, 9.17) is 13.6 Å². The summed E-state index contributed by atoms with van der Waals surface area (Å²) in [5.41, 5.74) is 0. The molecule has 0 aromatic rings. The topological polar surface area (TPSA) is 27.7 Å². The fourth-order valence-electron chi connectivity index (χ4n) is 2.17. The van der Waals surface area contributed by atoms with Gasteiger partial charge in [-0.25, -0.2) is 0 Å². The van der Waals surface area contributed by atoms with E-state index in [1.165, 1.54) is 0 Å². The molecule has 0 aliphatic carbocycles. The van der Waals surface area contributed by atoms with E-state index in [1.807, 2.05) is 0 Å². The lowest BCUT2D eigenvalue weighted by Gasteiger charge is -2.48. The van der Waals surface area contributed by atoms with Gasteiger partial charge in [-0.2, -0.15) is 0 Å². The Bertz CT molecular complexity index is 307. The zero-order chi connectivity index (χ0) is 18.4. The van der Waals surface area contributed by atoms with Crippen molar-refractivity contribution < 1.29 is 13.6 Å². The highest BCUT2D eigenvalue weighted by Gasteiger charge is 2.51. The highest BCUT2D eigenvalue weighted by Crippen LogP contribution is 2.34. The van der Waals surface area contributed by atoms with Crippen molar-refractivity contribution in [2.45, 2.75) is 104 Å². The van der Waals surface area contributed by atoms with Crippen LogP contribution in [0.2, 0.25) is 26.2 Å². The summed E-state index contributed by atoms with van der Waals surface area (Å²) in [6.07, 6.45) is 4.55. The number of rotatable bonds is 12. The van der Waals surface area contributed by atoms with Crippen LogP contribution in [0.5, 0.6) is 0 Å². The standard InChI is InChI=1S/C18H42O3Si2/c1-11-13-15-19-17(3,4)22(7,8)21-23(9,10)18(5,6)20-16-14-12-2/h11-16H2,1-10H3. The Hall–Kier alpha value is 0.314. The molecule has 5 heteroatoms. The highest BCUT2D eigenvalue weighted by molar-refractivity contribution is 6.87. The third-order valence-electron chi connectivity index (χ3n) is 5.33. The second kappa shape index (κ2) is 9.13. The molecular formula is C18H42O3Si2. The second-order valence-corrected chi connectivity index (χ2v) is 17.8. The number of unbranched alkanes of at least 4 members (excludes halogenated alkanes) is 2. The summed E-state index contributed by atoms with van der Waals surface area (Å²) >= 11 is 0. The van der Waals surface area contributed by atoms with Crippen molar-refractivity contribution in [1.82, 2.24) is 0 Å². The summed E-state index contributed by atoms with van der Waals surface area (Å²) < 4.78 is 19.3. The van der Waals surface area contributed by atoms with Gasteiger partial charge in [0.05, 0.1) is 10.4 Å². The van der Waals surface area contributed by atoms with Crippen LogP contribution in [0.15, 0.2) is 0 Å². The predicted molar refractivity (Wildman–Crippen MR) is 106 cm³/mol. The Labute approximate surface area is 147 Å². The van der Waals surface area contributed by atoms with Crippen molar-refractivity contribution in [2.75, 3.05) is 13.2 Å². The number of ether oxygens (including phenoxy) is 2. The van der Waals surface area contributed by atoms with Crippen LogP contribution in [0.3, 0.4) is 0 Å². The van der Waals surface area contributed by atoms with Gasteiger partial charge in [-0.05, 0) is 66.7 Å². The molecule has 3 nitrogen and oxygen atoms in total. The van der Waals surface area contributed by atoms with E-state index >= 15 is 0 Å². The molecule has 0 aromatic heterocycles. The second-order valence-electron chi connectivity index (χ2n) is 8.55. The first-order valence-electron chi connectivity index (χ1n) is 9.31. The lowest BCUT2D eigenvalue weighted by molar-refractivity contribution is 0.0137. The van der Waals surface area contributed by atoms with E-state index in [9.17, 15) is 0 Å². The van der Waals surface area contributed by atoms with Gasteiger partial charge in [0.15, 0.2) is 0 Å². The van der Waals surface area contributed by atoms with E-state index in [0.717, 1.165) is 38.9 Å². The maximum Gasteiger partial charge on any atom is 0.205 e. The van der Waals surface area contributed by atoms with Crippen LogP contribution in [0.4, 0.5) is 0 Å². The van der Waals surface area contributed by atoms with E-state index in [1.54, 1.807) is 0 Å². The maximum atomic E-state index is 6.84. The Morgan fingerprint density at radius 3 is 1.22 bits per heavy atom. The van der Waals surface area contributed by atoms with Crippen LogP contribution in [0, 0.1) is 0 Å². The third kappa shape index (κ3) is 6.98. The van der Waals surface area contributed by atoms with Crippen molar-refractivity contribution in [3.63, 3.8) is 0 Å². The van der Waals surface area contributed by atoms with Crippen molar-refractivity contribution in [3.8, 4) is 0 Å². The van der Waals surface area contributed by atoms with Gasteiger partial charge < -0.3 is 13.6 Å². The molecule has 0 radical (unpaired) electrons. The highest BCUT2D eigenvalue weighted by atomic mass is 28.4. The van der Waals surface area contributed by atoms with Crippen molar-refractivity contribution in [1.29, 1.82) is 0 Å². The lowest BCUT2D eigenvalue weighted by Crippen LogP contribution is -2.65. The van der Waals surface area contributed by atoms with E-state index < -0.39 is 16.6 Å². The van der Waals surface area contributed by atoms with Crippen molar-refractivity contribution in [3.05, 3.63) is 0 Å². The molecule has 0 aliphatic rings. The molecule has 0 spiro atoms. The van der Waals surface area contributed by atoms with Gasteiger partial charge in [-0.15, -0.1) is 0 Å². The molecule has 140 valence electrons. The average molecular weight is 363 g/mol. The SMILES string of the molecule is CCCCOC(C)(C)[Si](C)(C)O[Si](C)(C)C(C)(C)OCCCC. The molecule has 0 rings (SSSR count). The first kappa shape index (κ1) is 23.3. The summed E-state index contributed by atoms with van der Waals surface area (Å²) in [4.78, 5) is 0. The smallest absolute Gasteiger partial charge is 0.205 e. The molecule has 0 saturated heterocycles. The molecule has 0 fully saturated rings. The van der Waals surface area contributed by atoms with Gasteiger partial charge in [0.25, 0.3) is 0 Å². The summed E-state index contributed by atoms with van der Waals surface area (Å²) in [7, 11) is -4.03. The fourth-order valence-corrected chi connectivity index (χ4v) is 10.1. The Morgan fingerprint density at radius 2 is 0.957 bits per heavy atom. The molecular weight excluding hydrogens is 320 g/mol. The molecule has 0 aliphatic heterocycles. The zero-order valence-electron chi connectivity index (χ0n) is 17.5. The average Bonchev–Trinajstić information content (AvgIpc) is 2.37. The van der Waals surface area contributed by atoms with E-state index in [2.05, 4.69) is 67.7 Å². The minimum Gasteiger partial charge on any atom is -0.452 e. The molecule has 0 aromatic carbocycles. The van der Waals surface area contributed by atoms with Crippen LogP contribution < -0.4 is 0 Å². The maximum absolute atomic E-state index is 6.84. The van der Waals surface area contributed by atoms with Crippen LogP contribution in [-0.2, 0) is 13.6 Å². The summed E-state index contributed by atoms with van der Waals surface area (Å²) in [6.45, 7) is 24.0. The van der Waals surface area contributed by atoms with Crippen LogP contribution in [0.25, 0.3) is 0 Å². The largest absolute Gasteiger partial charge is 0.452 e. The normalized spacial score (nSPS) is 14.3. The van der Waals surface area contributed by atoms with Gasteiger partial charge in [0.1, 0.15) is 0 Å². The Balaban J connectivity index is 4.94. The molecule has 0 heterocycles. The van der Waals surface area contributed by atoms with Crippen molar-refractivity contribution >= 4 is 16.6 Å². The lowest BCUT2D eigenvalue weighted by atomic mass is 10.3. The minimum absolute atomic E-state index is 0.189. The van der Waals surface area contributed by atoms with Crippen LogP contribution >= 0.6 is 0 Å². The van der Waals surface area contributed by atoms with Crippen LogP contribution in [0.1, 0.15) is 67.2 Å². The predicted octanol–water partition coefficient (Wildman–Crippen LogP) is 5.68. The Morgan fingerprint density at radius 1 is 0.652 bits per heavy atom. The molecule has 23 heavy (non-hydrogen) atoms. The Kier molecular flexibility index (Phi) is 9.26. The van der Waals surface area contributed by atoms with Gasteiger partial charge >= 0.3 is 0 Å².